The normalized spacial score (nSPS) is 20.8. The Hall–Kier alpha value is -2.96. The number of rotatable bonds is 4. The molecule has 1 amide bonds. The maximum atomic E-state index is 13.4. The summed E-state index contributed by atoms with van der Waals surface area (Å²) in [5.41, 5.74) is 1.47. The van der Waals surface area contributed by atoms with Gasteiger partial charge in [-0.2, -0.15) is 13.2 Å². The van der Waals surface area contributed by atoms with Crippen molar-refractivity contribution in [2.45, 2.75) is 50.6 Å². The Kier molecular flexibility index (Phi) is 5.94. The maximum absolute atomic E-state index is 13.4. The van der Waals surface area contributed by atoms with Crippen molar-refractivity contribution < 1.29 is 27.4 Å². The average Bonchev–Trinajstić information content (AvgIpc) is 2.76. The van der Waals surface area contributed by atoms with E-state index in [0.29, 0.717) is 12.0 Å². The molecule has 0 saturated carbocycles. The molecule has 0 aliphatic carbocycles. The van der Waals surface area contributed by atoms with Gasteiger partial charge in [0.2, 0.25) is 0 Å². The van der Waals surface area contributed by atoms with Gasteiger partial charge in [-0.15, -0.1) is 0 Å². The lowest BCUT2D eigenvalue weighted by atomic mass is 9.83. The molecule has 0 aromatic heterocycles. The van der Waals surface area contributed by atoms with Gasteiger partial charge >= 0.3 is 12.3 Å². The van der Waals surface area contributed by atoms with Crippen LogP contribution >= 0.6 is 0 Å². The summed E-state index contributed by atoms with van der Waals surface area (Å²) < 4.78 is 50.7. The van der Waals surface area contributed by atoms with Gasteiger partial charge < -0.3 is 9.47 Å². The summed E-state index contributed by atoms with van der Waals surface area (Å²) in [6.45, 7) is 0.194. The molecule has 7 heteroatoms. The van der Waals surface area contributed by atoms with Crippen molar-refractivity contribution in [3.05, 3.63) is 71.3 Å². The minimum absolute atomic E-state index is 0.0848. The lowest BCUT2D eigenvalue weighted by Gasteiger charge is -2.44. The minimum Gasteiger partial charge on any atom is -0.496 e. The number of benzene rings is 2. The third-order valence-electron chi connectivity index (χ3n) is 5.93. The number of alkyl halides is 3. The van der Waals surface area contributed by atoms with E-state index in [9.17, 15) is 18.0 Å². The van der Waals surface area contributed by atoms with Gasteiger partial charge in [0.1, 0.15) is 12.4 Å². The van der Waals surface area contributed by atoms with Crippen LogP contribution in [0.3, 0.4) is 0 Å². The molecule has 1 saturated heterocycles. The molecule has 164 valence electrons. The topological polar surface area (TPSA) is 38.8 Å². The van der Waals surface area contributed by atoms with E-state index in [-0.39, 0.29) is 30.5 Å². The Labute approximate surface area is 179 Å². The molecule has 4 rings (SSSR count). The molecule has 2 heterocycles. The highest BCUT2D eigenvalue weighted by Gasteiger charge is 2.39. The van der Waals surface area contributed by atoms with Gasteiger partial charge in [-0.1, -0.05) is 42.5 Å². The van der Waals surface area contributed by atoms with Gasteiger partial charge in [-0.3, -0.25) is 4.90 Å². The van der Waals surface area contributed by atoms with Gasteiger partial charge in [-0.05, 0) is 54.5 Å². The van der Waals surface area contributed by atoms with Crippen LogP contribution in [-0.4, -0.2) is 30.2 Å². The van der Waals surface area contributed by atoms with E-state index in [2.05, 4.69) is 0 Å². The fourth-order valence-electron chi connectivity index (χ4n) is 4.45. The van der Waals surface area contributed by atoms with E-state index in [1.165, 1.54) is 13.2 Å². The van der Waals surface area contributed by atoms with Crippen molar-refractivity contribution in [1.82, 2.24) is 4.90 Å². The molecule has 2 aliphatic rings. The van der Waals surface area contributed by atoms with Crippen molar-refractivity contribution in [3.8, 4) is 5.75 Å². The number of amides is 1. The molecule has 2 aromatic rings. The molecule has 2 atom stereocenters. The summed E-state index contributed by atoms with van der Waals surface area (Å²) >= 11 is 0. The Morgan fingerprint density at radius 2 is 1.90 bits per heavy atom. The van der Waals surface area contributed by atoms with Crippen molar-refractivity contribution in [2.75, 3.05) is 7.11 Å². The first kappa shape index (κ1) is 21.3. The van der Waals surface area contributed by atoms with E-state index in [1.807, 2.05) is 36.4 Å². The van der Waals surface area contributed by atoms with E-state index in [0.717, 1.165) is 36.5 Å². The van der Waals surface area contributed by atoms with Crippen LogP contribution in [0, 0.1) is 0 Å². The molecule has 0 spiro atoms. The number of halogens is 3. The SMILES string of the molecule is COc1ccc(C2=CC3CCCC(C2)N3C(=O)OCc2ccccc2)cc1C(F)(F)F. The molecule has 2 aliphatic heterocycles. The van der Waals surface area contributed by atoms with Crippen molar-refractivity contribution in [3.63, 3.8) is 0 Å². The number of nitrogens with zero attached hydrogens (tertiary/aromatic N) is 1. The van der Waals surface area contributed by atoms with E-state index < -0.39 is 11.7 Å². The Morgan fingerprint density at radius 3 is 2.58 bits per heavy atom. The van der Waals surface area contributed by atoms with Crippen molar-refractivity contribution in [2.24, 2.45) is 0 Å². The molecule has 1 fully saturated rings. The van der Waals surface area contributed by atoms with E-state index >= 15 is 0 Å². The zero-order chi connectivity index (χ0) is 22.0. The summed E-state index contributed by atoms with van der Waals surface area (Å²) in [6.07, 6.45) is 0.0819. The molecule has 31 heavy (non-hydrogen) atoms. The number of fused-ring (bicyclic) bond motifs is 2. The highest BCUT2D eigenvalue weighted by molar-refractivity contribution is 5.75. The lowest BCUT2D eigenvalue weighted by molar-refractivity contribution is -0.138. The monoisotopic (exact) mass is 431 g/mol. The summed E-state index contributed by atoms with van der Waals surface area (Å²) in [6, 6.07) is 13.3. The standard InChI is InChI=1S/C24H24F3NO3/c1-30-22-11-10-17(14-21(22)24(25,26)27)18-12-19-8-5-9-20(13-18)28(19)23(29)31-15-16-6-3-2-4-7-16/h2-4,6-7,10-12,14,19-20H,5,8-9,13,15H2,1H3. The van der Waals surface area contributed by atoms with E-state index in [4.69, 9.17) is 9.47 Å². The van der Waals surface area contributed by atoms with Crippen LogP contribution in [0.5, 0.6) is 5.75 Å². The van der Waals surface area contributed by atoms with Crippen LogP contribution in [0.4, 0.5) is 18.0 Å². The molecular formula is C24H24F3NO3. The summed E-state index contributed by atoms with van der Waals surface area (Å²) in [5, 5.41) is 0. The highest BCUT2D eigenvalue weighted by Crippen LogP contribution is 2.41. The second-order valence-electron chi connectivity index (χ2n) is 7.91. The molecule has 4 nitrogen and oxygen atoms in total. The van der Waals surface area contributed by atoms with Gasteiger partial charge in [-0.25, -0.2) is 4.79 Å². The predicted molar refractivity (Wildman–Crippen MR) is 110 cm³/mol. The smallest absolute Gasteiger partial charge is 0.419 e. The second kappa shape index (κ2) is 8.65. The fraction of sp³-hybridized carbons (Fsp3) is 0.375. The number of carbonyl (C=O) groups excluding carboxylic acids is 1. The number of ether oxygens (including phenoxy) is 2. The maximum Gasteiger partial charge on any atom is 0.419 e. The Morgan fingerprint density at radius 1 is 1.13 bits per heavy atom. The fourth-order valence-corrected chi connectivity index (χ4v) is 4.45. The first-order valence-corrected chi connectivity index (χ1v) is 10.3. The van der Waals surface area contributed by atoms with Gasteiger partial charge in [0.05, 0.1) is 18.7 Å². The van der Waals surface area contributed by atoms with Crippen LogP contribution < -0.4 is 4.74 Å². The van der Waals surface area contributed by atoms with Crippen LogP contribution in [0.25, 0.3) is 5.57 Å². The van der Waals surface area contributed by atoms with Crippen LogP contribution in [0.15, 0.2) is 54.6 Å². The van der Waals surface area contributed by atoms with Crippen molar-refractivity contribution in [1.29, 1.82) is 0 Å². The third-order valence-corrected chi connectivity index (χ3v) is 5.93. The average molecular weight is 431 g/mol. The van der Waals surface area contributed by atoms with Gasteiger partial charge in [0.25, 0.3) is 0 Å². The zero-order valence-electron chi connectivity index (χ0n) is 17.2. The zero-order valence-corrected chi connectivity index (χ0v) is 17.2. The van der Waals surface area contributed by atoms with Crippen molar-refractivity contribution >= 4 is 11.7 Å². The number of methoxy groups -OCH3 is 1. The molecule has 2 unspecified atom stereocenters. The summed E-state index contributed by atoms with van der Waals surface area (Å²) in [5.74, 6) is -0.195. The number of carbonyl (C=O) groups is 1. The Balaban J connectivity index is 1.55. The van der Waals surface area contributed by atoms with Crippen LogP contribution in [0.1, 0.15) is 42.4 Å². The number of piperidine rings is 1. The number of hydrogen-bond donors (Lipinski definition) is 0. The minimum atomic E-state index is -4.50. The Bertz CT molecular complexity index is 972. The molecule has 2 aromatic carbocycles. The quantitative estimate of drug-likeness (QED) is 0.591. The van der Waals surface area contributed by atoms with Gasteiger partial charge in [0.15, 0.2) is 0 Å². The van der Waals surface area contributed by atoms with Gasteiger partial charge in [0, 0.05) is 6.04 Å². The van der Waals surface area contributed by atoms with Crippen LogP contribution in [0.2, 0.25) is 0 Å². The summed E-state index contributed by atoms with van der Waals surface area (Å²) in [7, 11) is 1.23. The van der Waals surface area contributed by atoms with E-state index in [1.54, 1.807) is 11.0 Å². The third kappa shape index (κ3) is 4.55. The molecular weight excluding hydrogens is 407 g/mol. The molecule has 0 radical (unpaired) electrons. The number of hydrogen-bond acceptors (Lipinski definition) is 3. The summed E-state index contributed by atoms with van der Waals surface area (Å²) in [4.78, 5) is 14.6. The highest BCUT2D eigenvalue weighted by atomic mass is 19.4. The molecule has 0 N–H and O–H groups in total. The molecule has 2 bridgehead atoms. The van der Waals surface area contributed by atoms with Crippen LogP contribution in [-0.2, 0) is 17.5 Å². The lowest BCUT2D eigenvalue weighted by Crippen LogP contribution is -2.51. The first-order chi connectivity index (χ1) is 14.9. The predicted octanol–water partition coefficient (Wildman–Crippen LogP) is 6.06. The first-order valence-electron chi connectivity index (χ1n) is 10.3. The second-order valence-corrected chi connectivity index (χ2v) is 7.91. The largest absolute Gasteiger partial charge is 0.496 e.